The minimum atomic E-state index is -0.565. The van der Waals surface area contributed by atoms with Crippen molar-refractivity contribution in [1.82, 2.24) is 19.9 Å². The van der Waals surface area contributed by atoms with E-state index in [1.54, 1.807) is 10.9 Å². The van der Waals surface area contributed by atoms with Gasteiger partial charge >= 0.3 is 6.09 Å². The van der Waals surface area contributed by atoms with E-state index in [2.05, 4.69) is 16.4 Å². The smallest absolute Gasteiger partial charge is 0.410 e. The molecule has 1 aliphatic rings. The van der Waals surface area contributed by atoms with E-state index >= 15 is 0 Å². The molecule has 1 saturated heterocycles. The number of likely N-dealkylation sites (tertiary alicyclic amines) is 1. The van der Waals surface area contributed by atoms with Crippen LogP contribution >= 0.6 is 0 Å². The van der Waals surface area contributed by atoms with Crippen LogP contribution in [0.4, 0.5) is 4.79 Å². The maximum Gasteiger partial charge on any atom is 0.410 e. The molecule has 1 aliphatic heterocycles. The summed E-state index contributed by atoms with van der Waals surface area (Å²) in [5, 5.41) is 8.97. The Labute approximate surface area is 210 Å². The standard InChI is InChI=1S/C28H32N4O4/c1-28(2,3)36-27(33)32-14-8-11-25(26(32)19-9-6-5-7-10-19)34-18-22-16-21-15-20(12-13-24(21)35-22)23-17-29-30-31(23)4/h5-7,9-10,12-13,15-17,25-26H,8,11,14,18H2,1-4H3/t25-,26-/m0/s1. The van der Waals surface area contributed by atoms with Gasteiger partial charge in [0, 0.05) is 24.5 Å². The van der Waals surface area contributed by atoms with Crippen molar-refractivity contribution < 1.29 is 18.7 Å². The molecular weight excluding hydrogens is 456 g/mol. The van der Waals surface area contributed by atoms with Crippen LogP contribution in [0, 0.1) is 0 Å². The van der Waals surface area contributed by atoms with Gasteiger partial charge in [-0.15, -0.1) is 5.10 Å². The number of carbonyl (C=O) groups is 1. The summed E-state index contributed by atoms with van der Waals surface area (Å²) in [6.45, 7) is 6.60. The molecule has 0 saturated carbocycles. The first-order valence-corrected chi connectivity index (χ1v) is 12.3. The summed E-state index contributed by atoms with van der Waals surface area (Å²) in [4.78, 5) is 14.9. The first-order chi connectivity index (χ1) is 17.3. The maximum absolute atomic E-state index is 13.1. The molecule has 188 valence electrons. The minimum Gasteiger partial charge on any atom is -0.459 e. The Bertz CT molecular complexity index is 1340. The van der Waals surface area contributed by atoms with Gasteiger partial charge in [0.05, 0.1) is 24.0 Å². The van der Waals surface area contributed by atoms with Crippen molar-refractivity contribution >= 4 is 17.1 Å². The molecule has 3 heterocycles. The van der Waals surface area contributed by atoms with E-state index in [0.717, 1.165) is 46.4 Å². The van der Waals surface area contributed by atoms with Gasteiger partial charge in [-0.2, -0.15) is 0 Å². The van der Waals surface area contributed by atoms with E-state index in [9.17, 15) is 4.79 Å². The number of ether oxygens (including phenoxy) is 2. The van der Waals surface area contributed by atoms with Gasteiger partial charge < -0.3 is 13.9 Å². The summed E-state index contributed by atoms with van der Waals surface area (Å²) in [6.07, 6.45) is 2.93. The van der Waals surface area contributed by atoms with Crippen LogP contribution in [0.1, 0.15) is 51.0 Å². The summed E-state index contributed by atoms with van der Waals surface area (Å²) < 4.78 is 20.0. The minimum absolute atomic E-state index is 0.182. The highest BCUT2D eigenvalue weighted by Crippen LogP contribution is 2.35. The molecule has 36 heavy (non-hydrogen) atoms. The Morgan fingerprint density at radius 2 is 1.94 bits per heavy atom. The van der Waals surface area contributed by atoms with Crippen LogP contribution < -0.4 is 0 Å². The monoisotopic (exact) mass is 488 g/mol. The number of benzene rings is 2. The molecule has 0 spiro atoms. The molecule has 1 amide bonds. The van der Waals surface area contributed by atoms with Gasteiger partial charge in [-0.05, 0) is 63.4 Å². The predicted octanol–water partition coefficient (Wildman–Crippen LogP) is 5.89. The Balaban J connectivity index is 1.36. The van der Waals surface area contributed by atoms with Gasteiger partial charge in [-0.1, -0.05) is 35.5 Å². The lowest BCUT2D eigenvalue weighted by molar-refractivity contribution is -0.0631. The Hall–Kier alpha value is -3.65. The van der Waals surface area contributed by atoms with E-state index in [0.29, 0.717) is 13.2 Å². The van der Waals surface area contributed by atoms with Gasteiger partial charge in [0.25, 0.3) is 0 Å². The van der Waals surface area contributed by atoms with Crippen molar-refractivity contribution in [2.45, 2.75) is 58.0 Å². The lowest BCUT2D eigenvalue weighted by Crippen LogP contribution is -2.47. The summed E-state index contributed by atoms with van der Waals surface area (Å²) in [5.74, 6) is 0.742. The molecule has 2 aromatic heterocycles. The second kappa shape index (κ2) is 9.78. The third kappa shape index (κ3) is 5.14. The predicted molar refractivity (Wildman–Crippen MR) is 136 cm³/mol. The molecule has 4 aromatic rings. The third-order valence-electron chi connectivity index (χ3n) is 6.36. The highest BCUT2D eigenvalue weighted by molar-refractivity contribution is 5.83. The number of hydrogen-bond donors (Lipinski definition) is 0. The van der Waals surface area contributed by atoms with E-state index in [-0.39, 0.29) is 18.2 Å². The van der Waals surface area contributed by atoms with E-state index < -0.39 is 5.60 Å². The molecule has 5 rings (SSSR count). The number of furan rings is 1. The highest BCUT2D eigenvalue weighted by atomic mass is 16.6. The quantitative estimate of drug-likeness (QED) is 0.349. The topological polar surface area (TPSA) is 82.6 Å². The van der Waals surface area contributed by atoms with Crippen molar-refractivity contribution in [1.29, 1.82) is 0 Å². The fourth-order valence-electron chi connectivity index (χ4n) is 4.77. The van der Waals surface area contributed by atoms with Crippen molar-refractivity contribution in [2.75, 3.05) is 6.54 Å². The Morgan fingerprint density at radius 1 is 1.14 bits per heavy atom. The largest absolute Gasteiger partial charge is 0.459 e. The first kappa shape index (κ1) is 24.1. The fraction of sp³-hybridized carbons (Fsp3) is 0.393. The average molecular weight is 489 g/mol. The lowest BCUT2D eigenvalue weighted by Gasteiger charge is -2.41. The van der Waals surface area contributed by atoms with Gasteiger partial charge in [-0.3, -0.25) is 4.90 Å². The summed E-state index contributed by atoms with van der Waals surface area (Å²) in [6, 6.07) is 17.8. The van der Waals surface area contributed by atoms with E-state index in [4.69, 9.17) is 13.9 Å². The molecule has 0 aliphatic carbocycles. The van der Waals surface area contributed by atoms with Gasteiger partial charge in [0.2, 0.25) is 0 Å². The molecule has 0 bridgehead atoms. The number of carbonyl (C=O) groups excluding carboxylic acids is 1. The number of aromatic nitrogens is 3. The number of amides is 1. The number of nitrogens with zero attached hydrogens (tertiary/aromatic N) is 4. The van der Waals surface area contributed by atoms with Crippen LogP contribution in [0.2, 0.25) is 0 Å². The zero-order valence-corrected chi connectivity index (χ0v) is 21.2. The SMILES string of the molecule is Cn1nncc1-c1ccc2oc(CO[C@H]3CCCN(C(=O)OC(C)(C)C)[C@H]3c3ccccc3)cc2c1. The van der Waals surface area contributed by atoms with Crippen LogP contribution in [0.5, 0.6) is 0 Å². The van der Waals surface area contributed by atoms with Crippen LogP contribution in [0.3, 0.4) is 0 Å². The van der Waals surface area contributed by atoms with E-state index in [1.807, 2.05) is 81.2 Å². The molecular formula is C28H32N4O4. The van der Waals surface area contributed by atoms with E-state index in [1.165, 1.54) is 0 Å². The van der Waals surface area contributed by atoms with Gasteiger partial charge in [0.15, 0.2) is 0 Å². The highest BCUT2D eigenvalue weighted by Gasteiger charge is 2.38. The molecule has 2 atom stereocenters. The fourth-order valence-corrected chi connectivity index (χ4v) is 4.77. The van der Waals surface area contributed by atoms with Crippen LogP contribution in [-0.2, 0) is 23.1 Å². The van der Waals surface area contributed by atoms with Crippen molar-refractivity contribution in [3.05, 3.63) is 72.1 Å². The number of hydrogen-bond acceptors (Lipinski definition) is 6. The number of aryl methyl sites for hydroxylation is 1. The number of piperidine rings is 1. The average Bonchev–Trinajstić information content (AvgIpc) is 3.47. The van der Waals surface area contributed by atoms with Crippen LogP contribution in [0.15, 0.2) is 65.2 Å². The number of rotatable bonds is 5. The van der Waals surface area contributed by atoms with Crippen LogP contribution in [0.25, 0.3) is 22.2 Å². The molecule has 8 heteroatoms. The number of fused-ring (bicyclic) bond motifs is 1. The second-order valence-corrected chi connectivity index (χ2v) is 10.2. The molecule has 0 N–H and O–H groups in total. The lowest BCUT2D eigenvalue weighted by atomic mass is 9.92. The molecule has 2 aromatic carbocycles. The van der Waals surface area contributed by atoms with Gasteiger partial charge in [-0.25, -0.2) is 9.48 Å². The summed E-state index contributed by atoms with van der Waals surface area (Å²) in [5.41, 5.74) is 3.22. The van der Waals surface area contributed by atoms with Crippen molar-refractivity contribution in [3.63, 3.8) is 0 Å². The van der Waals surface area contributed by atoms with Crippen LogP contribution in [-0.4, -0.2) is 44.2 Å². The molecule has 0 unspecified atom stereocenters. The second-order valence-electron chi connectivity index (χ2n) is 10.2. The maximum atomic E-state index is 13.1. The first-order valence-electron chi connectivity index (χ1n) is 12.3. The zero-order valence-electron chi connectivity index (χ0n) is 21.2. The Morgan fingerprint density at radius 3 is 2.67 bits per heavy atom. The van der Waals surface area contributed by atoms with Crippen molar-refractivity contribution in [3.8, 4) is 11.3 Å². The third-order valence-corrected chi connectivity index (χ3v) is 6.36. The molecule has 1 fully saturated rings. The summed E-state index contributed by atoms with van der Waals surface area (Å²) >= 11 is 0. The summed E-state index contributed by atoms with van der Waals surface area (Å²) in [7, 11) is 1.87. The van der Waals surface area contributed by atoms with Crippen molar-refractivity contribution in [2.24, 2.45) is 7.05 Å². The zero-order chi connectivity index (χ0) is 25.3. The van der Waals surface area contributed by atoms with Gasteiger partial charge in [0.1, 0.15) is 23.6 Å². The molecule has 8 nitrogen and oxygen atoms in total. The molecule has 0 radical (unpaired) electrons. The Kier molecular flexibility index (Phi) is 6.53. The normalized spacial score (nSPS) is 18.5.